The second kappa shape index (κ2) is 7.18. The van der Waals surface area contributed by atoms with E-state index in [1.54, 1.807) is 24.3 Å². The zero-order valence-electron chi connectivity index (χ0n) is 12.8. The number of amides is 1. The predicted molar refractivity (Wildman–Crippen MR) is 91.1 cm³/mol. The fraction of sp³-hybridized carbons (Fsp3) is 0.118. The van der Waals surface area contributed by atoms with Gasteiger partial charge < -0.3 is 14.5 Å². The molecule has 3 aromatic rings. The highest BCUT2D eigenvalue weighted by Crippen LogP contribution is 2.23. The molecule has 6 nitrogen and oxygen atoms in total. The number of oxazole rings is 1. The third kappa shape index (κ3) is 3.75. The lowest BCUT2D eigenvalue weighted by molar-refractivity contribution is -0.113. The molecule has 0 radical (unpaired) electrons. The summed E-state index contributed by atoms with van der Waals surface area (Å²) in [6, 6.07) is 14.0. The van der Waals surface area contributed by atoms with E-state index >= 15 is 0 Å². The van der Waals surface area contributed by atoms with Crippen LogP contribution < -0.4 is 5.32 Å². The first-order chi connectivity index (χ1) is 11.7. The summed E-state index contributed by atoms with van der Waals surface area (Å²) in [5, 5.41) is 3.17. The topological polar surface area (TPSA) is 81.4 Å². The van der Waals surface area contributed by atoms with Crippen molar-refractivity contribution in [3.8, 4) is 0 Å². The largest absolute Gasteiger partial charge is 0.465 e. The molecular weight excluding hydrogens is 328 g/mol. The highest BCUT2D eigenvalue weighted by atomic mass is 32.2. The minimum Gasteiger partial charge on any atom is -0.465 e. The van der Waals surface area contributed by atoms with Crippen LogP contribution in [0.1, 0.15) is 10.4 Å². The van der Waals surface area contributed by atoms with Crippen LogP contribution in [0, 0.1) is 0 Å². The fourth-order valence-corrected chi connectivity index (χ4v) is 2.72. The molecular formula is C17H14N2O4S. The molecule has 2 aromatic carbocycles. The van der Waals surface area contributed by atoms with Gasteiger partial charge in [-0.15, -0.1) is 0 Å². The number of benzene rings is 2. The van der Waals surface area contributed by atoms with Gasteiger partial charge >= 0.3 is 5.97 Å². The fourth-order valence-electron chi connectivity index (χ4n) is 2.08. The molecule has 0 spiro atoms. The molecule has 0 bridgehead atoms. The number of hydrogen-bond acceptors (Lipinski definition) is 6. The third-order valence-electron chi connectivity index (χ3n) is 3.17. The summed E-state index contributed by atoms with van der Waals surface area (Å²) in [6.07, 6.45) is 0. The van der Waals surface area contributed by atoms with E-state index in [-0.39, 0.29) is 11.7 Å². The minimum atomic E-state index is -0.452. The van der Waals surface area contributed by atoms with Crippen LogP contribution in [0.5, 0.6) is 0 Å². The van der Waals surface area contributed by atoms with Crippen molar-refractivity contribution < 1.29 is 18.7 Å². The molecule has 122 valence electrons. The van der Waals surface area contributed by atoms with Crippen LogP contribution >= 0.6 is 11.8 Å². The monoisotopic (exact) mass is 342 g/mol. The Morgan fingerprint density at radius 2 is 2.04 bits per heavy atom. The molecule has 0 aliphatic heterocycles. The number of thioether (sulfide) groups is 1. The SMILES string of the molecule is COC(=O)c1cccc(NC(=O)CSc2nc3ccccc3o2)c1. The van der Waals surface area contributed by atoms with Gasteiger partial charge in [0, 0.05) is 5.69 Å². The Morgan fingerprint density at radius 3 is 2.83 bits per heavy atom. The van der Waals surface area contributed by atoms with Crippen molar-refractivity contribution in [2.45, 2.75) is 5.22 Å². The molecule has 1 heterocycles. The van der Waals surface area contributed by atoms with E-state index in [0.29, 0.717) is 22.1 Å². The molecule has 0 fully saturated rings. The molecule has 0 saturated heterocycles. The maximum absolute atomic E-state index is 12.0. The highest BCUT2D eigenvalue weighted by Gasteiger charge is 2.11. The van der Waals surface area contributed by atoms with E-state index in [1.165, 1.54) is 18.9 Å². The number of fused-ring (bicyclic) bond motifs is 1. The normalized spacial score (nSPS) is 10.5. The Hall–Kier alpha value is -2.80. The molecule has 1 aromatic heterocycles. The Bertz CT molecular complexity index is 858. The number of hydrogen-bond donors (Lipinski definition) is 1. The van der Waals surface area contributed by atoms with Crippen LogP contribution in [-0.2, 0) is 9.53 Å². The predicted octanol–water partition coefficient (Wildman–Crippen LogP) is 3.35. The van der Waals surface area contributed by atoms with Gasteiger partial charge in [0.15, 0.2) is 5.58 Å². The average molecular weight is 342 g/mol. The number of esters is 1. The standard InChI is InChI=1S/C17H14N2O4S/c1-22-16(21)11-5-4-6-12(9-11)18-15(20)10-24-17-19-13-7-2-3-8-14(13)23-17/h2-9H,10H2,1H3,(H,18,20). The quantitative estimate of drug-likeness (QED) is 0.566. The Labute approximate surface area is 142 Å². The van der Waals surface area contributed by atoms with Crippen molar-refractivity contribution in [3.63, 3.8) is 0 Å². The first kappa shape index (κ1) is 16.1. The number of nitrogens with zero attached hydrogens (tertiary/aromatic N) is 1. The molecule has 7 heteroatoms. The molecule has 1 N–H and O–H groups in total. The Morgan fingerprint density at radius 1 is 1.21 bits per heavy atom. The van der Waals surface area contributed by atoms with Gasteiger partial charge in [-0.25, -0.2) is 9.78 Å². The van der Waals surface area contributed by atoms with Crippen LogP contribution in [0.25, 0.3) is 11.1 Å². The van der Waals surface area contributed by atoms with Crippen molar-refractivity contribution in [3.05, 3.63) is 54.1 Å². The van der Waals surface area contributed by atoms with Crippen molar-refractivity contribution in [1.82, 2.24) is 4.98 Å². The highest BCUT2D eigenvalue weighted by molar-refractivity contribution is 7.99. The Balaban J connectivity index is 1.60. The van der Waals surface area contributed by atoms with Gasteiger partial charge in [-0.3, -0.25) is 4.79 Å². The number of carbonyl (C=O) groups excluding carboxylic acids is 2. The molecule has 0 aliphatic rings. The Kier molecular flexibility index (Phi) is 4.81. The molecule has 0 unspecified atom stereocenters. The second-order valence-corrected chi connectivity index (χ2v) is 5.78. The zero-order chi connectivity index (χ0) is 16.9. The van der Waals surface area contributed by atoms with Gasteiger partial charge in [-0.1, -0.05) is 30.0 Å². The van der Waals surface area contributed by atoms with Crippen molar-refractivity contribution >= 4 is 40.4 Å². The van der Waals surface area contributed by atoms with Crippen LogP contribution in [-0.4, -0.2) is 29.7 Å². The summed E-state index contributed by atoms with van der Waals surface area (Å²) < 4.78 is 10.2. The number of anilines is 1. The van der Waals surface area contributed by atoms with Gasteiger partial charge in [-0.05, 0) is 30.3 Å². The van der Waals surface area contributed by atoms with Crippen molar-refractivity contribution in [1.29, 1.82) is 0 Å². The maximum atomic E-state index is 12.0. The number of rotatable bonds is 5. The number of methoxy groups -OCH3 is 1. The summed E-state index contributed by atoms with van der Waals surface area (Å²) in [5.74, 6) is -0.522. The van der Waals surface area contributed by atoms with Crippen LogP contribution in [0.2, 0.25) is 0 Å². The lowest BCUT2D eigenvalue weighted by Crippen LogP contribution is -2.14. The number of ether oxygens (including phenoxy) is 1. The van der Waals surface area contributed by atoms with Crippen LogP contribution in [0.15, 0.2) is 58.2 Å². The van der Waals surface area contributed by atoms with Crippen LogP contribution in [0.3, 0.4) is 0 Å². The van der Waals surface area contributed by atoms with E-state index in [0.717, 1.165) is 5.52 Å². The molecule has 0 saturated carbocycles. The number of aromatic nitrogens is 1. The number of nitrogens with one attached hydrogen (secondary N) is 1. The van der Waals surface area contributed by atoms with E-state index in [4.69, 9.17) is 4.42 Å². The first-order valence-corrected chi connectivity index (χ1v) is 8.11. The van der Waals surface area contributed by atoms with Gasteiger partial charge in [0.1, 0.15) is 5.52 Å². The minimum absolute atomic E-state index is 0.148. The van der Waals surface area contributed by atoms with E-state index < -0.39 is 5.97 Å². The average Bonchev–Trinajstić information content (AvgIpc) is 3.02. The van der Waals surface area contributed by atoms with E-state index in [9.17, 15) is 9.59 Å². The molecule has 0 aliphatic carbocycles. The number of para-hydroxylation sites is 2. The summed E-state index contributed by atoms with van der Waals surface area (Å²) in [6.45, 7) is 0. The van der Waals surface area contributed by atoms with Crippen LogP contribution in [0.4, 0.5) is 5.69 Å². The van der Waals surface area contributed by atoms with Gasteiger partial charge in [0.05, 0.1) is 18.4 Å². The molecule has 3 rings (SSSR count). The molecule has 24 heavy (non-hydrogen) atoms. The van der Waals surface area contributed by atoms with Gasteiger partial charge in [0.25, 0.3) is 5.22 Å². The smallest absolute Gasteiger partial charge is 0.337 e. The van der Waals surface area contributed by atoms with E-state index in [2.05, 4.69) is 15.0 Å². The molecule has 0 atom stereocenters. The number of carbonyl (C=O) groups is 2. The summed E-state index contributed by atoms with van der Waals surface area (Å²) >= 11 is 1.21. The van der Waals surface area contributed by atoms with Gasteiger partial charge in [0.2, 0.25) is 5.91 Å². The van der Waals surface area contributed by atoms with Crippen molar-refractivity contribution in [2.75, 3.05) is 18.2 Å². The first-order valence-electron chi connectivity index (χ1n) is 7.12. The second-order valence-electron chi connectivity index (χ2n) is 4.86. The summed E-state index contributed by atoms with van der Waals surface area (Å²) in [4.78, 5) is 27.8. The summed E-state index contributed by atoms with van der Waals surface area (Å²) in [7, 11) is 1.31. The zero-order valence-corrected chi connectivity index (χ0v) is 13.6. The lowest BCUT2D eigenvalue weighted by Gasteiger charge is -2.05. The maximum Gasteiger partial charge on any atom is 0.337 e. The third-order valence-corrected chi connectivity index (χ3v) is 4.00. The van der Waals surface area contributed by atoms with E-state index in [1.807, 2.05) is 24.3 Å². The summed E-state index contributed by atoms with van der Waals surface area (Å²) in [5.41, 5.74) is 2.35. The lowest BCUT2D eigenvalue weighted by atomic mass is 10.2. The van der Waals surface area contributed by atoms with Gasteiger partial charge in [-0.2, -0.15) is 0 Å². The molecule has 1 amide bonds. The van der Waals surface area contributed by atoms with Crippen molar-refractivity contribution in [2.24, 2.45) is 0 Å².